The molecule has 0 saturated heterocycles. The average molecular weight is 1070 g/mol. The van der Waals surface area contributed by atoms with E-state index < -0.39 is 31.3 Å². The number of rotatable bonds is 24. The van der Waals surface area contributed by atoms with Crippen LogP contribution in [-0.2, 0) is 18.3 Å². The molecule has 0 N–H and O–H groups in total. The van der Waals surface area contributed by atoms with Gasteiger partial charge >= 0.3 is 31.3 Å². The van der Waals surface area contributed by atoms with Gasteiger partial charge in [-0.3, -0.25) is 0 Å². The first-order valence-corrected chi connectivity index (χ1v) is 28.1. The van der Waals surface area contributed by atoms with Crippen LogP contribution < -0.4 is 54.3 Å². The number of phosphoric acid groups is 4. The van der Waals surface area contributed by atoms with Crippen molar-refractivity contribution in [1.82, 2.24) is 0 Å². The minimum Gasteiger partial charge on any atom is -0.386 e. The highest BCUT2D eigenvalue weighted by Crippen LogP contribution is 2.55. The highest BCUT2D eigenvalue weighted by Gasteiger charge is 2.37. The van der Waals surface area contributed by atoms with E-state index >= 15 is 0 Å². The van der Waals surface area contributed by atoms with Crippen molar-refractivity contribution >= 4 is 31.3 Å². The number of para-hydroxylation sites is 6. The largest absolute Gasteiger partial charge is 0.647 e. The molecule has 0 aliphatic carbocycles. The van der Waals surface area contributed by atoms with Crippen molar-refractivity contribution in [2.24, 2.45) is 0 Å². The monoisotopic (exact) mass is 1070 g/mol. The third kappa shape index (κ3) is 14.8. The highest BCUT2D eigenvalue weighted by atomic mass is 31.2. The molecule has 374 valence electrons. The molecule has 0 fully saturated rings. The first-order valence-electron chi connectivity index (χ1n) is 22.3. The van der Waals surface area contributed by atoms with Gasteiger partial charge in [0.2, 0.25) is 0 Å². The molecule has 2 atom stereocenters. The van der Waals surface area contributed by atoms with Gasteiger partial charge in [-0.05, 0) is 146 Å². The molecule has 0 bridgehead atoms. The lowest BCUT2D eigenvalue weighted by molar-refractivity contribution is 0.292. The van der Waals surface area contributed by atoms with Crippen LogP contribution in [0.25, 0.3) is 0 Å². The van der Waals surface area contributed by atoms with Crippen molar-refractivity contribution in [2.75, 3.05) is 0 Å². The molecular weight excluding hydrogens is 1030 g/mol. The fourth-order valence-electron chi connectivity index (χ4n) is 6.35. The molecule has 9 aromatic rings. The lowest BCUT2D eigenvalue weighted by Gasteiger charge is -2.21. The fraction of sp³-hybridized carbons (Fsp3) is 0. The molecule has 0 radical (unpaired) electrons. The zero-order valence-corrected chi connectivity index (χ0v) is 42.1. The van der Waals surface area contributed by atoms with Crippen molar-refractivity contribution in [2.45, 2.75) is 0 Å². The summed E-state index contributed by atoms with van der Waals surface area (Å²) < 4.78 is 127. The predicted molar refractivity (Wildman–Crippen MR) is 276 cm³/mol. The first-order chi connectivity index (χ1) is 35.9. The lowest BCUT2D eigenvalue weighted by atomic mass is 10.3. The molecule has 0 amide bonds. The van der Waals surface area contributed by atoms with E-state index in [2.05, 4.69) is 0 Å². The quantitative estimate of drug-likeness (QED) is 0.0521. The van der Waals surface area contributed by atoms with Gasteiger partial charge in [0.1, 0.15) is 69.0 Å². The first kappa shape index (κ1) is 50.4. The summed E-state index contributed by atoms with van der Waals surface area (Å²) in [5, 5.41) is 0. The minimum absolute atomic E-state index is 0.00581. The van der Waals surface area contributed by atoms with Crippen molar-refractivity contribution in [3.05, 3.63) is 255 Å². The van der Waals surface area contributed by atoms with Gasteiger partial charge in [-0.25, -0.2) is 0 Å². The van der Waals surface area contributed by atoms with Crippen LogP contribution in [0.3, 0.4) is 0 Å². The van der Waals surface area contributed by atoms with Crippen molar-refractivity contribution in [3.63, 3.8) is 0 Å². The van der Waals surface area contributed by atoms with Crippen molar-refractivity contribution in [3.8, 4) is 69.0 Å². The summed E-state index contributed by atoms with van der Waals surface area (Å²) in [5.41, 5.74) is 0. The van der Waals surface area contributed by atoms with Crippen molar-refractivity contribution in [1.29, 1.82) is 0 Å². The molecule has 74 heavy (non-hydrogen) atoms. The maximum atomic E-state index is 14.5. The summed E-state index contributed by atoms with van der Waals surface area (Å²) in [7, 11) is -17.8. The van der Waals surface area contributed by atoms with E-state index in [1.807, 2.05) is 0 Å². The lowest BCUT2D eigenvalue weighted by Crippen LogP contribution is -2.09. The van der Waals surface area contributed by atoms with E-state index in [0.717, 1.165) is 0 Å². The van der Waals surface area contributed by atoms with E-state index in [-0.39, 0.29) is 69.0 Å². The summed E-state index contributed by atoms with van der Waals surface area (Å²) >= 11 is 0. The van der Waals surface area contributed by atoms with Crippen LogP contribution in [0.5, 0.6) is 69.0 Å². The van der Waals surface area contributed by atoms with Gasteiger partial charge < -0.3 is 54.3 Å². The van der Waals surface area contributed by atoms with E-state index in [4.69, 9.17) is 54.3 Å². The predicted octanol–water partition coefficient (Wildman–Crippen LogP) is 16.3. The summed E-state index contributed by atoms with van der Waals surface area (Å²) in [6.45, 7) is 0. The zero-order valence-electron chi connectivity index (χ0n) is 38.6. The Morgan fingerprint density at radius 1 is 0.149 bits per heavy atom. The van der Waals surface area contributed by atoms with Crippen LogP contribution in [0.2, 0.25) is 0 Å². The fourth-order valence-corrected chi connectivity index (χ4v) is 11.4. The van der Waals surface area contributed by atoms with E-state index in [1.165, 1.54) is 72.8 Å². The SMILES string of the molecule is O=P(Oc1ccccc1)(Oc1ccccc1)Oc1ccc(OP(=O)(Oc2ccccc2)Oc2ccc(OP(=O)(Oc3ccccc3)Oc3ccc(OP(=O)(Oc4ccccc4)Oc4ccccc4)cc3)cc2)cc1. The molecule has 0 spiro atoms. The Bertz CT molecular complexity index is 3070. The summed E-state index contributed by atoms with van der Waals surface area (Å²) in [4.78, 5) is 0. The Morgan fingerprint density at radius 2 is 0.243 bits per heavy atom. The maximum Gasteiger partial charge on any atom is 0.647 e. The standard InChI is InChI=1S/C54H42O16P4/c55-71(59-43-19-7-1-8-20-43,60-44-21-9-2-10-22-44)65-49-31-35-51(36-32-49)67-73(57,63-47-27-15-5-16-28-47)69-53-39-41-54(42-40-53)70-74(58,64-48-29-17-6-18-30-48)68-52-37-33-50(34-38-52)66-72(56,61-45-23-11-3-12-24-45)62-46-25-13-4-14-26-46/h1-42H. The van der Waals surface area contributed by atoms with E-state index in [0.29, 0.717) is 0 Å². The summed E-state index contributed by atoms with van der Waals surface area (Å²) in [6, 6.07) is 66.8. The average Bonchev–Trinajstić information content (AvgIpc) is 3.39. The topological polar surface area (TPSA) is 179 Å². The molecule has 20 heteroatoms. The molecule has 0 aliphatic heterocycles. The van der Waals surface area contributed by atoms with Crippen LogP contribution in [0.15, 0.2) is 255 Å². The summed E-state index contributed by atoms with van der Waals surface area (Å²) in [6.07, 6.45) is 0. The maximum absolute atomic E-state index is 14.5. The molecular formula is C54H42O16P4. The highest BCUT2D eigenvalue weighted by molar-refractivity contribution is 7.50. The second-order valence-corrected chi connectivity index (χ2v) is 20.9. The Balaban J connectivity index is 0.900. The smallest absolute Gasteiger partial charge is 0.386 e. The van der Waals surface area contributed by atoms with Crippen LogP contribution in [0, 0.1) is 0 Å². The van der Waals surface area contributed by atoms with Gasteiger partial charge in [0.15, 0.2) is 0 Å². The normalized spacial score (nSPS) is 12.8. The third-order valence-corrected chi connectivity index (χ3v) is 14.8. The van der Waals surface area contributed by atoms with Crippen LogP contribution in [-0.4, -0.2) is 0 Å². The van der Waals surface area contributed by atoms with Crippen LogP contribution >= 0.6 is 31.3 Å². The van der Waals surface area contributed by atoms with Gasteiger partial charge in [0, 0.05) is 0 Å². The zero-order chi connectivity index (χ0) is 51.1. The number of hydrogen-bond donors (Lipinski definition) is 0. The Morgan fingerprint density at radius 3 is 0.351 bits per heavy atom. The van der Waals surface area contributed by atoms with Crippen LogP contribution in [0.4, 0.5) is 0 Å². The summed E-state index contributed by atoms with van der Waals surface area (Å²) in [5.74, 6) is 1.47. The number of phosphoric ester groups is 4. The van der Waals surface area contributed by atoms with Crippen molar-refractivity contribution < 1.29 is 72.5 Å². The molecule has 0 saturated carbocycles. The van der Waals surface area contributed by atoms with E-state index in [1.54, 1.807) is 182 Å². The van der Waals surface area contributed by atoms with Gasteiger partial charge in [0.25, 0.3) is 0 Å². The molecule has 0 aliphatic rings. The van der Waals surface area contributed by atoms with E-state index in [9.17, 15) is 18.3 Å². The second kappa shape index (κ2) is 23.4. The minimum atomic E-state index is -4.57. The second-order valence-electron chi connectivity index (χ2n) is 15.2. The number of benzene rings is 9. The number of hydrogen-bond acceptors (Lipinski definition) is 16. The Labute approximate surface area is 425 Å². The molecule has 0 aromatic heterocycles. The Hall–Kier alpha value is -8.50. The van der Waals surface area contributed by atoms with Gasteiger partial charge in [-0.2, -0.15) is 18.3 Å². The van der Waals surface area contributed by atoms with Gasteiger partial charge in [-0.1, -0.05) is 109 Å². The molecule has 2 unspecified atom stereocenters. The molecule has 9 rings (SSSR count). The molecule has 0 heterocycles. The molecule has 16 nitrogen and oxygen atoms in total. The Kier molecular flexibility index (Phi) is 15.9. The van der Waals surface area contributed by atoms with Gasteiger partial charge in [0.05, 0.1) is 0 Å². The van der Waals surface area contributed by atoms with Crippen LogP contribution in [0.1, 0.15) is 0 Å². The third-order valence-electron chi connectivity index (χ3n) is 9.54. The molecule has 9 aromatic carbocycles. The van der Waals surface area contributed by atoms with Gasteiger partial charge in [-0.15, -0.1) is 0 Å².